The molecule has 0 N–H and O–H groups in total. The summed E-state index contributed by atoms with van der Waals surface area (Å²) in [7, 11) is 0. The van der Waals surface area contributed by atoms with Crippen LogP contribution < -0.4 is 0 Å². The molecule has 0 fully saturated rings. The second-order valence-electron chi connectivity index (χ2n) is 7.72. The van der Waals surface area contributed by atoms with Crippen molar-refractivity contribution in [2.24, 2.45) is 21.7 Å². The summed E-state index contributed by atoms with van der Waals surface area (Å²) < 4.78 is 0. The van der Waals surface area contributed by atoms with E-state index in [1.165, 1.54) is 12.8 Å². The summed E-state index contributed by atoms with van der Waals surface area (Å²) in [4.78, 5) is 0. The number of rotatable bonds is 5. The largest absolute Gasteiger partial charge is 0.0683 e. The Morgan fingerprint density at radius 1 is 0.500 bits per heavy atom. The van der Waals surface area contributed by atoms with E-state index in [4.69, 9.17) is 0 Å². The van der Waals surface area contributed by atoms with Gasteiger partial charge in [0.25, 0.3) is 0 Å². The van der Waals surface area contributed by atoms with Gasteiger partial charge in [-0.25, -0.2) is 0 Å². The molecule has 0 aliphatic rings. The van der Waals surface area contributed by atoms with Crippen LogP contribution in [0.5, 0.6) is 0 Å². The maximum atomic E-state index is 2.45. The van der Waals surface area contributed by atoms with Crippen LogP contribution >= 0.6 is 0 Å². The average Bonchev–Trinajstić information content (AvgIpc) is 2.30. The normalized spacial score (nSPS) is 14.0. The van der Waals surface area contributed by atoms with Crippen molar-refractivity contribution < 1.29 is 0 Å². The van der Waals surface area contributed by atoms with Crippen LogP contribution in [-0.4, -0.2) is 0 Å². The predicted octanol–water partition coefficient (Wildman–Crippen LogP) is 6.94. The van der Waals surface area contributed by atoms with Gasteiger partial charge in [-0.3, -0.25) is 0 Å². The number of hydrogen-bond acceptors (Lipinski definition) is 0. The Hall–Kier alpha value is 0. The van der Waals surface area contributed by atoms with Crippen molar-refractivity contribution in [1.29, 1.82) is 0 Å². The minimum atomic E-state index is 0.328. The molecule has 0 nitrogen and oxygen atoms in total. The van der Waals surface area contributed by atoms with Crippen LogP contribution in [0.3, 0.4) is 0 Å². The molecule has 112 valence electrons. The van der Waals surface area contributed by atoms with Gasteiger partial charge in [-0.15, -0.1) is 0 Å². The summed E-state index contributed by atoms with van der Waals surface area (Å²) in [6.45, 7) is 28.1. The minimum Gasteiger partial charge on any atom is -0.0683 e. The van der Waals surface area contributed by atoms with Crippen LogP contribution in [0, 0.1) is 21.7 Å². The van der Waals surface area contributed by atoms with Crippen LogP contribution in [0.4, 0.5) is 0 Å². The molecule has 0 heterocycles. The molecular formula is C18H40. The Morgan fingerprint density at radius 3 is 0.778 bits per heavy atom. The molecule has 0 heteroatoms. The second kappa shape index (κ2) is 6.44. The van der Waals surface area contributed by atoms with Gasteiger partial charge in [0, 0.05) is 0 Å². The summed E-state index contributed by atoms with van der Waals surface area (Å²) in [5.74, 6) is 0. The lowest BCUT2D eigenvalue weighted by atomic mass is 9.46. The van der Waals surface area contributed by atoms with Gasteiger partial charge in [0.1, 0.15) is 0 Å². The molecule has 0 unspecified atom stereocenters. The topological polar surface area (TPSA) is 0 Å². The second-order valence-corrected chi connectivity index (χ2v) is 7.72. The third kappa shape index (κ3) is 3.31. The molecule has 0 spiro atoms. The highest BCUT2D eigenvalue weighted by Gasteiger charge is 2.52. The maximum Gasteiger partial charge on any atom is -0.0247 e. The standard InChI is InChI=1S/C16H34.C2H6/c1-11-13(3,4)15(7,8)16(9,10)14(5,6)12-2;1-2/h11-12H2,1-10H3;1-2H3. The van der Waals surface area contributed by atoms with E-state index in [0.29, 0.717) is 21.7 Å². The zero-order valence-corrected chi connectivity index (χ0v) is 15.4. The van der Waals surface area contributed by atoms with E-state index in [0.717, 1.165) is 0 Å². The lowest BCUT2D eigenvalue weighted by Crippen LogP contribution is -2.51. The molecule has 0 aliphatic heterocycles. The molecule has 0 aliphatic carbocycles. The zero-order chi connectivity index (χ0) is 15.4. The SMILES string of the molecule is CC.CCC(C)(C)C(C)(C)C(C)(C)C(C)(C)CC. The van der Waals surface area contributed by atoms with Crippen LogP contribution in [0.25, 0.3) is 0 Å². The first-order valence-electron chi connectivity index (χ1n) is 7.87. The summed E-state index contributed by atoms with van der Waals surface area (Å²) in [5, 5.41) is 0. The molecule has 0 atom stereocenters. The van der Waals surface area contributed by atoms with Gasteiger partial charge < -0.3 is 0 Å². The van der Waals surface area contributed by atoms with E-state index in [-0.39, 0.29) is 0 Å². The van der Waals surface area contributed by atoms with E-state index in [1.807, 2.05) is 13.8 Å². The first-order chi connectivity index (χ1) is 7.87. The lowest BCUT2D eigenvalue weighted by molar-refractivity contribution is -0.0968. The van der Waals surface area contributed by atoms with E-state index >= 15 is 0 Å². The van der Waals surface area contributed by atoms with E-state index in [9.17, 15) is 0 Å². The van der Waals surface area contributed by atoms with Gasteiger partial charge >= 0.3 is 0 Å². The molecule has 0 aromatic heterocycles. The fraction of sp³-hybridized carbons (Fsp3) is 1.00. The zero-order valence-electron chi connectivity index (χ0n) is 15.4. The average molecular weight is 257 g/mol. The molecule has 18 heavy (non-hydrogen) atoms. The van der Waals surface area contributed by atoms with Gasteiger partial charge in [0.2, 0.25) is 0 Å². The molecule has 0 aromatic carbocycles. The summed E-state index contributed by atoms with van der Waals surface area (Å²) in [6, 6.07) is 0. The van der Waals surface area contributed by atoms with Crippen molar-refractivity contribution in [3.8, 4) is 0 Å². The molecule has 0 aromatic rings. The van der Waals surface area contributed by atoms with Crippen LogP contribution in [-0.2, 0) is 0 Å². The van der Waals surface area contributed by atoms with Crippen molar-refractivity contribution in [3.63, 3.8) is 0 Å². The predicted molar refractivity (Wildman–Crippen MR) is 87.1 cm³/mol. The van der Waals surface area contributed by atoms with Gasteiger partial charge in [-0.2, -0.15) is 0 Å². The van der Waals surface area contributed by atoms with Crippen LogP contribution in [0.15, 0.2) is 0 Å². The van der Waals surface area contributed by atoms with Crippen LogP contribution in [0.1, 0.15) is 95.9 Å². The highest BCUT2D eigenvalue weighted by atomic mass is 14.6. The van der Waals surface area contributed by atoms with Gasteiger partial charge in [0.15, 0.2) is 0 Å². The Bertz CT molecular complexity index is 202. The van der Waals surface area contributed by atoms with Crippen molar-refractivity contribution in [2.75, 3.05) is 0 Å². The van der Waals surface area contributed by atoms with Crippen molar-refractivity contribution in [2.45, 2.75) is 95.9 Å². The first-order valence-corrected chi connectivity index (χ1v) is 7.87. The Balaban J connectivity index is 0. The van der Waals surface area contributed by atoms with E-state index in [2.05, 4.69) is 69.2 Å². The monoisotopic (exact) mass is 256 g/mol. The highest BCUT2D eigenvalue weighted by molar-refractivity contribution is 5.01. The van der Waals surface area contributed by atoms with Gasteiger partial charge in [0.05, 0.1) is 0 Å². The Morgan fingerprint density at radius 2 is 0.667 bits per heavy atom. The van der Waals surface area contributed by atoms with E-state index in [1.54, 1.807) is 0 Å². The first kappa shape index (κ1) is 20.3. The molecule has 0 radical (unpaired) electrons. The fourth-order valence-electron chi connectivity index (χ4n) is 2.58. The highest BCUT2D eigenvalue weighted by Crippen LogP contribution is 2.60. The van der Waals surface area contributed by atoms with Gasteiger partial charge in [-0.05, 0) is 21.7 Å². The maximum absolute atomic E-state index is 2.45. The third-order valence-corrected chi connectivity index (χ3v) is 6.71. The summed E-state index contributed by atoms with van der Waals surface area (Å²) >= 11 is 0. The molecule has 0 amide bonds. The molecular weight excluding hydrogens is 216 g/mol. The van der Waals surface area contributed by atoms with E-state index < -0.39 is 0 Å². The van der Waals surface area contributed by atoms with Gasteiger partial charge in [-0.1, -0.05) is 95.9 Å². The van der Waals surface area contributed by atoms with Crippen LogP contribution in [0.2, 0.25) is 0 Å². The molecule has 0 rings (SSSR count). The molecule has 0 saturated heterocycles. The van der Waals surface area contributed by atoms with Crippen molar-refractivity contribution in [1.82, 2.24) is 0 Å². The summed E-state index contributed by atoms with van der Waals surface area (Å²) in [6.07, 6.45) is 2.48. The smallest absolute Gasteiger partial charge is 0.0247 e. The molecule has 0 bridgehead atoms. The minimum absolute atomic E-state index is 0.328. The third-order valence-electron chi connectivity index (χ3n) is 6.71. The number of hydrogen-bond donors (Lipinski definition) is 0. The summed E-state index contributed by atoms with van der Waals surface area (Å²) in [5.41, 5.74) is 1.41. The molecule has 0 saturated carbocycles. The van der Waals surface area contributed by atoms with Crippen molar-refractivity contribution in [3.05, 3.63) is 0 Å². The quantitative estimate of drug-likeness (QED) is 0.500. The lowest BCUT2D eigenvalue weighted by Gasteiger charge is -2.58. The Kier molecular flexibility index (Phi) is 7.27. The fourth-order valence-corrected chi connectivity index (χ4v) is 2.58. The van der Waals surface area contributed by atoms with Crippen molar-refractivity contribution >= 4 is 0 Å². The Labute approximate surface area is 118 Å².